The Labute approximate surface area is 825 Å². The number of hydrogen-bond acceptors (Lipinski definition) is 12. The van der Waals surface area contributed by atoms with Gasteiger partial charge in [-0.15, -0.1) is 34.0 Å². The Balaban J connectivity index is 0.000000111. The second-order valence-electron chi connectivity index (χ2n) is 35.0. The van der Waals surface area contributed by atoms with Gasteiger partial charge in [-0.25, -0.2) is 39.9 Å². The maximum Gasteiger partial charge on any atom is 0.171 e. The highest BCUT2D eigenvalue weighted by atomic mass is 32.1. The second kappa shape index (κ2) is 36.9. The quantitative estimate of drug-likeness (QED) is 0.0924. The summed E-state index contributed by atoms with van der Waals surface area (Å²) in [4.78, 5) is 40.4. The summed E-state index contributed by atoms with van der Waals surface area (Å²) in [6, 6.07) is 170. The summed E-state index contributed by atoms with van der Waals surface area (Å²) in [7, 11) is -3.05. The van der Waals surface area contributed by atoms with Crippen LogP contribution in [0.1, 0.15) is 0 Å². The van der Waals surface area contributed by atoms with Gasteiger partial charge in [0, 0.05) is 143 Å². The molecule has 19 aromatic carbocycles. The van der Waals surface area contributed by atoms with Crippen molar-refractivity contribution in [1.82, 2.24) is 39.9 Å². The first kappa shape index (κ1) is 85.3. The summed E-state index contributed by atoms with van der Waals surface area (Å²) in [5.41, 5.74) is 23.9. The summed E-state index contributed by atoms with van der Waals surface area (Å²) in [6.07, 6.45) is 0. The van der Waals surface area contributed by atoms with E-state index in [2.05, 4.69) is 328 Å². The van der Waals surface area contributed by atoms with E-state index < -0.39 is 7.14 Å². The van der Waals surface area contributed by atoms with Crippen LogP contribution in [0.3, 0.4) is 0 Å². The van der Waals surface area contributed by atoms with Crippen molar-refractivity contribution < 1.29 is 4.57 Å². The number of para-hydroxylation sites is 3. The van der Waals surface area contributed by atoms with Gasteiger partial charge in [0.2, 0.25) is 0 Å². The molecule has 27 aromatic rings. The fourth-order valence-corrected chi connectivity index (χ4v) is 25.8. The van der Waals surface area contributed by atoms with Gasteiger partial charge in [-0.05, 0) is 117 Å². The molecule has 0 aliphatic rings. The van der Waals surface area contributed by atoms with Gasteiger partial charge >= 0.3 is 0 Å². The first-order valence-corrected chi connectivity index (χ1v) is 51.2. The van der Waals surface area contributed by atoms with Crippen molar-refractivity contribution in [3.63, 3.8) is 0 Å². The van der Waals surface area contributed by atoms with E-state index in [9.17, 15) is 4.57 Å². The van der Waals surface area contributed by atoms with Crippen molar-refractivity contribution in [2.45, 2.75) is 0 Å². The third-order valence-electron chi connectivity index (χ3n) is 26.3. The highest BCUT2D eigenvalue weighted by molar-refractivity contribution is 7.85. The molecule has 0 atom stereocenters. The number of thiophene rings is 3. The first-order chi connectivity index (χ1) is 69.7. The SMILES string of the molecule is O=P(c1ccccc1)(c1ccccc1)c1ccc2cc(-c3cccc(-c4nc5ccccc5c5sc6ccccc6c45)c3)ccc2c1.c1ccc(-c2cc(-c3ccccc3)nc(-c3ccc(-c4cccc(-c5nc6ccccc6c6sc7ccccc7c56)c4)cc3)n2)cc1.c1ccc(-c2nc(-c3ccccc3)nc(-c3ccc(-c4cccc(-c5nc6ccccc6c6sc7ccccc7c56)c4)cc3)n2)cc1. The Morgan fingerprint density at radius 1 is 0.170 bits per heavy atom. The summed E-state index contributed by atoms with van der Waals surface area (Å²) in [5.74, 6) is 2.66. The molecule has 0 fully saturated rings. The zero-order valence-corrected chi connectivity index (χ0v) is 79.3. The molecule has 141 heavy (non-hydrogen) atoms. The minimum atomic E-state index is -3.05. The van der Waals surface area contributed by atoms with Gasteiger partial charge in [0.15, 0.2) is 30.4 Å². The molecule has 0 radical (unpaired) electrons. The molecular formula is C128H81N8OPS3. The number of pyridine rings is 3. The molecule has 0 bridgehead atoms. The summed E-state index contributed by atoms with van der Waals surface area (Å²) < 4.78 is 22.6. The summed E-state index contributed by atoms with van der Waals surface area (Å²) in [6.45, 7) is 0. The average molecular weight is 1870 g/mol. The Kier molecular flexibility index (Phi) is 22.4. The lowest BCUT2D eigenvalue weighted by molar-refractivity contribution is 0.592. The monoisotopic (exact) mass is 1870 g/mol. The van der Waals surface area contributed by atoms with Crippen LogP contribution >= 0.6 is 41.2 Å². The highest BCUT2D eigenvalue weighted by Crippen LogP contribution is 2.49. The molecule has 27 rings (SSSR count). The van der Waals surface area contributed by atoms with Crippen LogP contribution in [0.15, 0.2) is 491 Å². The lowest BCUT2D eigenvalue weighted by Gasteiger charge is -2.20. The Morgan fingerprint density at radius 2 is 0.433 bits per heavy atom. The third-order valence-corrected chi connectivity index (χ3v) is 33.0. The van der Waals surface area contributed by atoms with Gasteiger partial charge in [0.1, 0.15) is 0 Å². The fourth-order valence-electron chi connectivity index (χ4n) is 19.4. The zero-order valence-electron chi connectivity index (χ0n) is 75.9. The topological polar surface area (TPSA) is 120 Å². The molecule has 13 heteroatoms. The van der Waals surface area contributed by atoms with Crippen molar-refractivity contribution in [1.29, 1.82) is 0 Å². The molecule has 8 aromatic heterocycles. The van der Waals surface area contributed by atoms with Gasteiger partial charge in [-0.2, -0.15) is 0 Å². The number of hydrogen-bond donors (Lipinski definition) is 0. The van der Waals surface area contributed by atoms with Crippen LogP contribution in [-0.2, 0) is 4.57 Å². The van der Waals surface area contributed by atoms with E-state index in [4.69, 9.17) is 39.9 Å². The minimum Gasteiger partial charge on any atom is -0.309 e. The Hall–Kier alpha value is -17.4. The van der Waals surface area contributed by atoms with Crippen LogP contribution in [0.4, 0.5) is 0 Å². The molecule has 662 valence electrons. The first-order valence-electron chi connectivity index (χ1n) is 47.0. The number of fused-ring (bicyclic) bond motifs is 16. The van der Waals surface area contributed by atoms with Crippen LogP contribution in [0.25, 0.3) is 239 Å². The van der Waals surface area contributed by atoms with Crippen molar-refractivity contribution in [2.24, 2.45) is 0 Å². The largest absolute Gasteiger partial charge is 0.309 e. The van der Waals surface area contributed by atoms with E-state index in [-0.39, 0.29) is 0 Å². The molecule has 0 unspecified atom stereocenters. The Morgan fingerprint density at radius 3 is 0.809 bits per heavy atom. The standard InChI is InChI=1S/C43H27N3S.C43H28NOPS.C42H26N4S/c1-3-12-29(13-4-1)37-27-38(30-14-5-2-6-15-30)46-43(45-37)31-24-22-28(23-25-31)32-16-11-17-33(26-32)41-40-35-19-8-10-21-39(35)47-42(40)34-18-7-9-20-36(34)44-41;45-46(34-14-3-1-4-15-34,35-16-5-2-6-17-35)36-25-24-31-26-30(22-23-32(31)28-36)29-12-11-13-33(27-29)42-41-38-19-8-10-21-40(38)47-43(41)37-18-7-9-20-39(37)44-42;1-3-12-28(13-4-1)40-44-41(29-14-5-2-6-15-29)46-42(45-40)30-24-22-27(23-25-30)31-16-11-17-32(26-31)38-37-34-19-8-10-21-36(34)47-39(37)33-18-7-9-20-35(33)43-38/h1-27H;1-28H;1-26H. The molecule has 9 nitrogen and oxygen atoms in total. The molecule has 0 amide bonds. The number of benzene rings is 19. The summed E-state index contributed by atoms with van der Waals surface area (Å²) >= 11 is 5.53. The number of aromatic nitrogens is 8. The third kappa shape index (κ3) is 16.3. The van der Waals surface area contributed by atoms with E-state index in [1.807, 2.05) is 198 Å². The van der Waals surface area contributed by atoms with Crippen molar-refractivity contribution in [3.05, 3.63) is 491 Å². The molecule has 0 aliphatic carbocycles. The smallest absolute Gasteiger partial charge is 0.171 e. The van der Waals surface area contributed by atoms with Crippen LogP contribution in [0.2, 0.25) is 0 Å². The highest BCUT2D eigenvalue weighted by Gasteiger charge is 2.31. The predicted molar refractivity (Wildman–Crippen MR) is 595 cm³/mol. The number of nitrogens with zero attached hydrogens (tertiary/aromatic N) is 8. The van der Waals surface area contributed by atoms with Crippen molar-refractivity contribution in [3.8, 4) is 135 Å². The van der Waals surface area contributed by atoms with Crippen molar-refractivity contribution >= 4 is 161 Å². The van der Waals surface area contributed by atoms with E-state index in [0.29, 0.717) is 23.3 Å². The van der Waals surface area contributed by atoms with E-state index in [1.54, 1.807) is 0 Å². The normalized spacial score (nSPS) is 11.6. The van der Waals surface area contributed by atoms with E-state index >= 15 is 0 Å². The molecule has 0 saturated carbocycles. The van der Waals surface area contributed by atoms with E-state index in [1.165, 1.54) is 76.7 Å². The van der Waals surface area contributed by atoms with Crippen LogP contribution in [-0.4, -0.2) is 39.9 Å². The van der Waals surface area contributed by atoms with E-state index in [0.717, 1.165) is 155 Å². The summed E-state index contributed by atoms with van der Waals surface area (Å²) in [5, 5.41) is 15.7. The fraction of sp³-hybridized carbons (Fsp3) is 0. The maximum atomic E-state index is 15.0. The lowest BCUT2D eigenvalue weighted by Crippen LogP contribution is -2.24. The van der Waals surface area contributed by atoms with Gasteiger partial charge in [0.05, 0.1) is 45.0 Å². The molecule has 0 aliphatic heterocycles. The van der Waals surface area contributed by atoms with Crippen LogP contribution in [0, 0.1) is 0 Å². The molecule has 0 N–H and O–H groups in total. The Bertz CT molecular complexity index is 9000. The number of rotatable bonds is 15. The van der Waals surface area contributed by atoms with Gasteiger partial charge < -0.3 is 4.57 Å². The zero-order chi connectivity index (χ0) is 93.7. The second-order valence-corrected chi connectivity index (χ2v) is 40.9. The minimum absolute atomic E-state index is 0.644. The molecule has 0 spiro atoms. The van der Waals surface area contributed by atoms with Crippen LogP contribution in [0.5, 0.6) is 0 Å². The van der Waals surface area contributed by atoms with Crippen LogP contribution < -0.4 is 15.9 Å². The molecule has 8 heterocycles. The van der Waals surface area contributed by atoms with Gasteiger partial charge in [-0.3, -0.25) is 0 Å². The lowest BCUT2D eigenvalue weighted by atomic mass is 9.97. The average Bonchev–Trinajstić information content (AvgIpc) is 1.74. The maximum absolute atomic E-state index is 15.0. The van der Waals surface area contributed by atoms with Gasteiger partial charge in [-0.1, -0.05) is 419 Å². The van der Waals surface area contributed by atoms with Gasteiger partial charge in [0.25, 0.3) is 0 Å². The molecular weight excluding hydrogens is 1790 g/mol. The van der Waals surface area contributed by atoms with Crippen molar-refractivity contribution in [2.75, 3.05) is 0 Å². The molecule has 0 saturated heterocycles. The predicted octanol–water partition coefficient (Wildman–Crippen LogP) is 33.6.